The third-order valence-corrected chi connectivity index (χ3v) is 5.39. The standard InChI is InChI=1S/C16H27NO3/c1-15(2,3)20-14(19)17-9-12(13(18)10-17)11-7-16(8-11)5-4-6-16/h11-13,18H,4-10H2,1-3H3/t12-,13+/m0/s1. The normalized spacial score (nSPS) is 32.9. The summed E-state index contributed by atoms with van der Waals surface area (Å²) in [6, 6.07) is 0. The average Bonchev–Trinajstić information content (AvgIpc) is 2.54. The highest BCUT2D eigenvalue weighted by Crippen LogP contribution is 2.61. The molecule has 0 aromatic heterocycles. The molecule has 3 fully saturated rings. The first kappa shape index (κ1) is 14.2. The number of carbonyl (C=O) groups is 1. The van der Waals surface area contributed by atoms with E-state index in [9.17, 15) is 9.90 Å². The zero-order valence-electron chi connectivity index (χ0n) is 12.9. The lowest BCUT2D eigenvalue weighted by atomic mass is 9.49. The minimum atomic E-state index is -0.466. The van der Waals surface area contributed by atoms with Gasteiger partial charge in [-0.1, -0.05) is 6.42 Å². The number of β-amino-alcohol motifs (C(OH)–C–C–N with tert-alkyl or cyclic N) is 1. The van der Waals surface area contributed by atoms with Crippen LogP contribution in [0.25, 0.3) is 0 Å². The van der Waals surface area contributed by atoms with E-state index in [0.29, 0.717) is 24.4 Å². The van der Waals surface area contributed by atoms with E-state index in [2.05, 4.69) is 0 Å². The summed E-state index contributed by atoms with van der Waals surface area (Å²) in [7, 11) is 0. The first-order valence-electron chi connectivity index (χ1n) is 7.94. The smallest absolute Gasteiger partial charge is 0.410 e. The third kappa shape index (κ3) is 2.54. The van der Waals surface area contributed by atoms with Crippen molar-refractivity contribution in [3.05, 3.63) is 0 Å². The predicted molar refractivity (Wildman–Crippen MR) is 76.3 cm³/mol. The molecule has 3 rings (SSSR count). The lowest BCUT2D eigenvalue weighted by Crippen LogP contribution is -2.47. The summed E-state index contributed by atoms with van der Waals surface area (Å²) in [5.41, 5.74) is 0.163. The van der Waals surface area contributed by atoms with Gasteiger partial charge in [-0.3, -0.25) is 0 Å². The number of ether oxygens (including phenoxy) is 1. The van der Waals surface area contributed by atoms with E-state index in [1.807, 2.05) is 20.8 Å². The molecule has 0 bridgehead atoms. The van der Waals surface area contributed by atoms with Crippen molar-refractivity contribution in [2.24, 2.45) is 17.3 Å². The Morgan fingerprint density at radius 1 is 1.25 bits per heavy atom. The summed E-state index contributed by atoms with van der Waals surface area (Å²) in [5, 5.41) is 10.3. The SMILES string of the molecule is CC(C)(C)OC(=O)N1C[C@@H](O)[C@H](C2CC3(CCC3)C2)C1. The van der Waals surface area contributed by atoms with Gasteiger partial charge in [0, 0.05) is 12.5 Å². The number of carbonyl (C=O) groups excluding carboxylic acids is 1. The van der Waals surface area contributed by atoms with E-state index in [-0.39, 0.29) is 18.1 Å². The Morgan fingerprint density at radius 2 is 1.90 bits per heavy atom. The molecule has 2 atom stereocenters. The van der Waals surface area contributed by atoms with Crippen LogP contribution in [0.2, 0.25) is 0 Å². The predicted octanol–water partition coefficient (Wildman–Crippen LogP) is 2.79. The fraction of sp³-hybridized carbons (Fsp3) is 0.938. The highest BCUT2D eigenvalue weighted by molar-refractivity contribution is 5.68. The van der Waals surface area contributed by atoms with E-state index in [1.165, 1.54) is 32.1 Å². The number of amides is 1. The molecule has 1 aliphatic heterocycles. The van der Waals surface area contributed by atoms with Crippen molar-refractivity contribution in [2.75, 3.05) is 13.1 Å². The maximum Gasteiger partial charge on any atom is 0.410 e. The van der Waals surface area contributed by atoms with Gasteiger partial charge >= 0.3 is 6.09 Å². The van der Waals surface area contributed by atoms with Crippen LogP contribution in [0.4, 0.5) is 4.79 Å². The number of likely N-dealkylation sites (tertiary alicyclic amines) is 1. The highest BCUT2D eigenvalue weighted by Gasteiger charge is 2.53. The molecule has 0 aromatic rings. The molecule has 4 heteroatoms. The average molecular weight is 281 g/mol. The van der Waals surface area contributed by atoms with Crippen molar-refractivity contribution >= 4 is 6.09 Å². The fourth-order valence-electron chi connectivity index (χ4n) is 4.19. The van der Waals surface area contributed by atoms with Gasteiger partial charge in [-0.15, -0.1) is 0 Å². The van der Waals surface area contributed by atoms with Crippen molar-refractivity contribution in [1.29, 1.82) is 0 Å². The van der Waals surface area contributed by atoms with E-state index >= 15 is 0 Å². The zero-order valence-corrected chi connectivity index (χ0v) is 12.9. The minimum Gasteiger partial charge on any atom is -0.444 e. The van der Waals surface area contributed by atoms with Crippen molar-refractivity contribution in [2.45, 2.75) is 64.6 Å². The van der Waals surface area contributed by atoms with Gasteiger partial charge in [0.25, 0.3) is 0 Å². The first-order chi connectivity index (χ1) is 9.28. The molecule has 0 aromatic carbocycles. The van der Waals surface area contributed by atoms with Crippen molar-refractivity contribution in [1.82, 2.24) is 4.90 Å². The molecule has 1 saturated heterocycles. The fourth-order valence-corrected chi connectivity index (χ4v) is 4.19. The highest BCUT2D eigenvalue weighted by atomic mass is 16.6. The zero-order chi connectivity index (χ0) is 14.5. The Balaban J connectivity index is 1.53. The molecular weight excluding hydrogens is 254 g/mol. The van der Waals surface area contributed by atoms with E-state index in [0.717, 1.165) is 0 Å². The van der Waals surface area contributed by atoms with Crippen LogP contribution in [0.1, 0.15) is 52.9 Å². The van der Waals surface area contributed by atoms with Gasteiger partial charge in [-0.05, 0) is 57.8 Å². The maximum absolute atomic E-state index is 12.1. The summed E-state index contributed by atoms with van der Waals surface area (Å²) in [6.07, 6.45) is 6.00. The number of hydrogen-bond acceptors (Lipinski definition) is 3. The molecule has 1 heterocycles. The Bertz CT molecular complexity index is 389. The molecule has 1 spiro atoms. The maximum atomic E-state index is 12.1. The molecule has 0 unspecified atom stereocenters. The Labute approximate surface area is 121 Å². The molecule has 20 heavy (non-hydrogen) atoms. The molecule has 2 saturated carbocycles. The largest absolute Gasteiger partial charge is 0.444 e. The number of aliphatic hydroxyl groups excluding tert-OH is 1. The molecule has 2 aliphatic carbocycles. The van der Waals surface area contributed by atoms with Crippen LogP contribution < -0.4 is 0 Å². The molecule has 1 N–H and O–H groups in total. The van der Waals surface area contributed by atoms with Crippen LogP contribution in [0.5, 0.6) is 0 Å². The van der Waals surface area contributed by atoms with Crippen molar-refractivity contribution in [3.63, 3.8) is 0 Å². The van der Waals surface area contributed by atoms with Gasteiger partial charge in [0.05, 0.1) is 12.6 Å². The van der Waals surface area contributed by atoms with Gasteiger partial charge in [0.1, 0.15) is 5.60 Å². The first-order valence-corrected chi connectivity index (χ1v) is 7.94. The summed E-state index contributed by atoms with van der Waals surface area (Å²) in [5.74, 6) is 0.867. The number of aliphatic hydroxyl groups is 1. The van der Waals surface area contributed by atoms with Crippen LogP contribution in [0.15, 0.2) is 0 Å². The van der Waals surface area contributed by atoms with E-state index in [1.54, 1.807) is 4.90 Å². The second-order valence-electron chi connectivity index (χ2n) is 8.14. The summed E-state index contributed by atoms with van der Waals surface area (Å²) < 4.78 is 5.40. The lowest BCUT2D eigenvalue weighted by molar-refractivity contribution is -0.0660. The van der Waals surface area contributed by atoms with Gasteiger partial charge in [-0.2, -0.15) is 0 Å². The van der Waals surface area contributed by atoms with Gasteiger partial charge in [0.15, 0.2) is 0 Å². The number of nitrogens with zero attached hydrogens (tertiary/aromatic N) is 1. The Hall–Kier alpha value is -0.770. The van der Waals surface area contributed by atoms with Crippen LogP contribution in [-0.4, -0.2) is 40.9 Å². The lowest BCUT2D eigenvalue weighted by Gasteiger charge is -2.56. The van der Waals surface area contributed by atoms with Crippen molar-refractivity contribution in [3.8, 4) is 0 Å². The second kappa shape index (κ2) is 4.62. The molecule has 0 radical (unpaired) electrons. The van der Waals surface area contributed by atoms with Crippen LogP contribution >= 0.6 is 0 Å². The quantitative estimate of drug-likeness (QED) is 0.804. The summed E-state index contributed by atoms with van der Waals surface area (Å²) >= 11 is 0. The van der Waals surface area contributed by atoms with Gasteiger partial charge in [0.2, 0.25) is 0 Å². The third-order valence-electron chi connectivity index (χ3n) is 5.39. The number of hydrogen-bond donors (Lipinski definition) is 1. The monoisotopic (exact) mass is 281 g/mol. The Kier molecular flexibility index (Phi) is 3.27. The Morgan fingerprint density at radius 3 is 2.40 bits per heavy atom. The van der Waals surface area contributed by atoms with Crippen LogP contribution in [-0.2, 0) is 4.74 Å². The topological polar surface area (TPSA) is 49.8 Å². The summed E-state index contributed by atoms with van der Waals surface area (Å²) in [4.78, 5) is 13.8. The summed E-state index contributed by atoms with van der Waals surface area (Å²) in [6.45, 7) is 6.73. The van der Waals surface area contributed by atoms with Gasteiger partial charge in [-0.25, -0.2) is 4.79 Å². The van der Waals surface area contributed by atoms with Crippen LogP contribution in [0, 0.1) is 17.3 Å². The molecule has 3 aliphatic rings. The van der Waals surface area contributed by atoms with E-state index < -0.39 is 5.60 Å². The van der Waals surface area contributed by atoms with Gasteiger partial charge < -0.3 is 14.7 Å². The number of rotatable bonds is 1. The molecular formula is C16H27NO3. The minimum absolute atomic E-state index is 0.258. The molecule has 1 amide bonds. The van der Waals surface area contributed by atoms with E-state index in [4.69, 9.17) is 4.74 Å². The van der Waals surface area contributed by atoms with Crippen LogP contribution in [0.3, 0.4) is 0 Å². The molecule has 114 valence electrons. The molecule has 4 nitrogen and oxygen atoms in total. The van der Waals surface area contributed by atoms with Crippen molar-refractivity contribution < 1.29 is 14.6 Å². The second-order valence-corrected chi connectivity index (χ2v) is 8.14.